The van der Waals surface area contributed by atoms with Crippen LogP contribution in [0.4, 0.5) is 0 Å². The number of rotatable bonds is 12. The summed E-state index contributed by atoms with van der Waals surface area (Å²) in [5.74, 6) is -3.21. The number of carboxylic acid groups (broad SMARTS) is 1. The third kappa shape index (κ3) is 7.98. The van der Waals surface area contributed by atoms with Crippen LogP contribution in [0.15, 0.2) is 4.99 Å². The van der Waals surface area contributed by atoms with E-state index in [2.05, 4.69) is 28.3 Å². The molecular weight excluding hydrogens is 492 g/mol. The Morgan fingerprint density at radius 2 is 1.69 bits per heavy atom. The van der Waals surface area contributed by atoms with E-state index in [0.29, 0.717) is 58.2 Å². The molecule has 0 radical (unpaired) electrons. The molecule has 2 aliphatic heterocycles. The van der Waals surface area contributed by atoms with Crippen molar-refractivity contribution >= 4 is 48.2 Å². The number of hydrogen-bond acceptors (Lipinski definition) is 8. The number of hydrogen-bond donors (Lipinski definition) is 7. The molecule has 2 aliphatic rings. The van der Waals surface area contributed by atoms with Crippen molar-refractivity contribution in [1.29, 1.82) is 0 Å². The van der Waals surface area contributed by atoms with Gasteiger partial charge in [0.2, 0.25) is 23.6 Å². The SMILES string of the molecule is NC(N)=NCCC[C@H](N)C(=O)N1CCC[C@H]1C(=O)N1CCC[C@H]1C(=O)NCC(=O)N[C@@H](CS)C(=O)O. The summed E-state index contributed by atoms with van der Waals surface area (Å²) in [5, 5.41) is 13.7. The van der Waals surface area contributed by atoms with E-state index >= 15 is 0 Å². The highest BCUT2D eigenvalue weighted by Crippen LogP contribution is 2.25. The van der Waals surface area contributed by atoms with Crippen LogP contribution in [0.1, 0.15) is 38.5 Å². The Morgan fingerprint density at radius 1 is 1.06 bits per heavy atom. The van der Waals surface area contributed by atoms with Crippen LogP contribution in [0.3, 0.4) is 0 Å². The number of amides is 4. The zero-order valence-corrected chi connectivity index (χ0v) is 21.0. The van der Waals surface area contributed by atoms with Crippen molar-refractivity contribution in [3.63, 3.8) is 0 Å². The van der Waals surface area contributed by atoms with Crippen LogP contribution in [-0.2, 0) is 24.0 Å². The second-order valence-electron chi connectivity index (χ2n) is 8.79. The molecule has 4 amide bonds. The summed E-state index contributed by atoms with van der Waals surface area (Å²) in [7, 11) is 0. The van der Waals surface area contributed by atoms with Crippen LogP contribution in [0.25, 0.3) is 0 Å². The summed E-state index contributed by atoms with van der Waals surface area (Å²) in [5.41, 5.74) is 16.6. The van der Waals surface area contributed by atoms with Crippen molar-refractivity contribution < 1.29 is 29.1 Å². The van der Waals surface area contributed by atoms with E-state index in [-0.39, 0.29) is 23.5 Å². The van der Waals surface area contributed by atoms with Crippen molar-refractivity contribution in [3.05, 3.63) is 0 Å². The van der Waals surface area contributed by atoms with Crippen LogP contribution >= 0.6 is 12.6 Å². The topological polar surface area (TPSA) is 227 Å². The van der Waals surface area contributed by atoms with Crippen molar-refractivity contribution in [3.8, 4) is 0 Å². The maximum atomic E-state index is 13.3. The maximum absolute atomic E-state index is 13.3. The number of aliphatic imine (C=N–C) groups is 1. The number of carboxylic acids is 1. The highest BCUT2D eigenvalue weighted by molar-refractivity contribution is 7.80. The molecule has 0 aromatic heterocycles. The van der Waals surface area contributed by atoms with Gasteiger partial charge in [-0.1, -0.05) is 0 Å². The molecule has 0 bridgehead atoms. The standard InChI is InChI=1S/C21H36N8O6S/c22-12(4-1-7-25-21(23)24)18(32)29-9-3-6-15(29)19(33)28-8-2-5-14(28)17(31)26-10-16(30)27-13(11-36)20(34)35/h12-15,36H,1-11,22H2,(H,26,31)(H,27,30)(H,34,35)(H4,23,24,25)/t12-,13-,14-,15-/m0/s1. The van der Waals surface area contributed by atoms with Gasteiger partial charge in [-0.2, -0.15) is 12.6 Å². The number of carbonyl (C=O) groups excluding carboxylic acids is 4. The molecule has 14 nitrogen and oxygen atoms in total. The molecule has 2 saturated heterocycles. The van der Waals surface area contributed by atoms with Crippen LogP contribution in [0, 0.1) is 0 Å². The Kier molecular flexibility index (Phi) is 11.2. The smallest absolute Gasteiger partial charge is 0.327 e. The first-order valence-corrected chi connectivity index (χ1v) is 12.5. The first-order valence-electron chi connectivity index (χ1n) is 11.9. The number of nitrogens with one attached hydrogen (secondary N) is 2. The largest absolute Gasteiger partial charge is 0.480 e. The molecule has 0 spiro atoms. The monoisotopic (exact) mass is 528 g/mol. The van der Waals surface area contributed by atoms with Gasteiger partial charge >= 0.3 is 5.97 Å². The van der Waals surface area contributed by atoms with Crippen LogP contribution < -0.4 is 27.8 Å². The fourth-order valence-electron chi connectivity index (χ4n) is 4.35. The van der Waals surface area contributed by atoms with Gasteiger partial charge in [-0.25, -0.2) is 4.79 Å². The predicted molar refractivity (Wildman–Crippen MR) is 134 cm³/mol. The number of guanidine groups is 1. The van der Waals surface area contributed by atoms with Crippen molar-refractivity contribution in [1.82, 2.24) is 20.4 Å². The number of thiol groups is 1. The lowest BCUT2D eigenvalue weighted by molar-refractivity contribution is -0.147. The van der Waals surface area contributed by atoms with Crippen LogP contribution in [0.5, 0.6) is 0 Å². The molecule has 36 heavy (non-hydrogen) atoms. The van der Waals surface area contributed by atoms with Gasteiger partial charge in [-0.05, 0) is 38.5 Å². The van der Waals surface area contributed by atoms with Gasteiger partial charge in [-0.15, -0.1) is 0 Å². The second kappa shape index (κ2) is 13.9. The Bertz CT molecular complexity index is 867. The normalized spacial score (nSPS) is 20.9. The van der Waals surface area contributed by atoms with E-state index in [9.17, 15) is 24.0 Å². The molecule has 4 atom stereocenters. The summed E-state index contributed by atoms with van der Waals surface area (Å²) >= 11 is 3.87. The van der Waals surface area contributed by atoms with Crippen molar-refractivity contribution in [2.24, 2.45) is 22.2 Å². The highest BCUT2D eigenvalue weighted by Gasteiger charge is 2.42. The Morgan fingerprint density at radius 3 is 2.31 bits per heavy atom. The summed E-state index contributed by atoms with van der Waals surface area (Å²) in [6.07, 6.45) is 3.00. The number of nitrogens with zero attached hydrogens (tertiary/aromatic N) is 3. The van der Waals surface area contributed by atoms with E-state index in [0.717, 1.165) is 0 Å². The number of carbonyl (C=O) groups is 5. The number of likely N-dealkylation sites (tertiary alicyclic amines) is 2. The molecule has 0 unspecified atom stereocenters. The number of nitrogens with two attached hydrogens (primary N) is 3. The van der Waals surface area contributed by atoms with Crippen molar-refractivity contribution in [2.75, 3.05) is 31.9 Å². The van der Waals surface area contributed by atoms with Gasteiger partial charge in [0.25, 0.3) is 0 Å². The van der Waals surface area contributed by atoms with Gasteiger partial charge in [0, 0.05) is 25.4 Å². The molecule has 2 fully saturated rings. The first-order chi connectivity index (χ1) is 17.1. The molecule has 0 aromatic carbocycles. The first kappa shape index (κ1) is 29.2. The molecule has 202 valence electrons. The second-order valence-corrected chi connectivity index (χ2v) is 9.16. The lowest BCUT2D eigenvalue weighted by atomic mass is 10.1. The minimum atomic E-state index is -1.23. The minimum Gasteiger partial charge on any atom is -0.480 e. The highest BCUT2D eigenvalue weighted by atomic mass is 32.1. The van der Waals surface area contributed by atoms with Gasteiger partial charge < -0.3 is 42.7 Å². The zero-order valence-electron chi connectivity index (χ0n) is 20.1. The van der Waals surface area contributed by atoms with Crippen LogP contribution in [0.2, 0.25) is 0 Å². The van der Waals surface area contributed by atoms with E-state index in [1.807, 2.05) is 0 Å². The van der Waals surface area contributed by atoms with E-state index in [1.165, 1.54) is 9.80 Å². The average molecular weight is 529 g/mol. The molecular formula is C21H36N8O6S. The third-order valence-electron chi connectivity index (χ3n) is 6.18. The molecule has 0 saturated carbocycles. The predicted octanol–water partition coefficient (Wildman–Crippen LogP) is -3.04. The van der Waals surface area contributed by atoms with Crippen molar-refractivity contribution in [2.45, 2.75) is 62.7 Å². The molecule has 0 aromatic rings. The zero-order chi connectivity index (χ0) is 26.8. The molecule has 2 heterocycles. The van der Waals surface area contributed by atoms with Gasteiger partial charge in [0.05, 0.1) is 12.6 Å². The van der Waals surface area contributed by atoms with Gasteiger partial charge in [0.15, 0.2) is 5.96 Å². The minimum absolute atomic E-state index is 0.0351. The summed E-state index contributed by atoms with van der Waals surface area (Å²) in [6, 6.07) is -3.46. The Labute approximate surface area is 214 Å². The fourth-order valence-corrected chi connectivity index (χ4v) is 4.60. The van der Waals surface area contributed by atoms with Gasteiger partial charge in [0.1, 0.15) is 18.1 Å². The van der Waals surface area contributed by atoms with Crippen LogP contribution in [-0.4, -0.2) is 107 Å². The quantitative estimate of drug-likeness (QED) is 0.0590. The lowest BCUT2D eigenvalue weighted by Crippen LogP contribution is -2.55. The Balaban J connectivity index is 1.93. The maximum Gasteiger partial charge on any atom is 0.327 e. The molecule has 2 rings (SSSR count). The molecule has 15 heteroatoms. The van der Waals surface area contributed by atoms with Gasteiger partial charge in [-0.3, -0.25) is 24.2 Å². The summed E-state index contributed by atoms with van der Waals surface area (Å²) in [6.45, 7) is 0.669. The average Bonchev–Trinajstić information content (AvgIpc) is 3.52. The van der Waals surface area contributed by atoms with E-state index in [4.69, 9.17) is 22.3 Å². The lowest BCUT2D eigenvalue weighted by Gasteiger charge is -2.32. The fraction of sp³-hybridized carbons (Fsp3) is 0.714. The third-order valence-corrected chi connectivity index (χ3v) is 6.55. The molecule has 9 N–H and O–H groups in total. The summed E-state index contributed by atoms with van der Waals surface area (Å²) in [4.78, 5) is 68.8. The van der Waals surface area contributed by atoms with E-state index in [1.54, 1.807) is 0 Å². The Hall–Kier alpha value is -3.07. The van der Waals surface area contributed by atoms with E-state index < -0.39 is 48.5 Å². The molecule has 0 aliphatic carbocycles. The number of aliphatic carboxylic acids is 1. The summed E-state index contributed by atoms with van der Waals surface area (Å²) < 4.78 is 0.